The van der Waals surface area contributed by atoms with Gasteiger partial charge in [0.2, 0.25) is 0 Å². The summed E-state index contributed by atoms with van der Waals surface area (Å²) in [6, 6.07) is 0. The van der Waals surface area contributed by atoms with E-state index in [4.69, 9.17) is 0 Å². The van der Waals surface area contributed by atoms with Gasteiger partial charge in [-0.1, -0.05) is 31.2 Å². The second-order valence-corrected chi connectivity index (χ2v) is 8.10. The Morgan fingerprint density at radius 3 is 2.90 bits per heavy atom. The molecule has 0 heterocycles. The largest absolute Gasteiger partial charge is 0.294 e. The van der Waals surface area contributed by atoms with E-state index in [9.17, 15) is 4.79 Å². The van der Waals surface area contributed by atoms with Crippen LogP contribution in [-0.4, -0.2) is 5.78 Å². The van der Waals surface area contributed by atoms with Crippen molar-refractivity contribution in [3.05, 3.63) is 35.5 Å². The molecule has 5 atom stereocenters. The van der Waals surface area contributed by atoms with Crippen LogP contribution in [0.2, 0.25) is 0 Å². The predicted octanol–water partition coefficient (Wildman–Crippen LogP) is 4.85. The third-order valence-corrected chi connectivity index (χ3v) is 7.02. The van der Waals surface area contributed by atoms with Gasteiger partial charge in [0.05, 0.1) is 0 Å². The highest BCUT2D eigenvalue weighted by atomic mass is 16.1. The Morgan fingerprint density at radius 1 is 1.29 bits per heavy atom. The minimum absolute atomic E-state index is 0.0932. The van der Waals surface area contributed by atoms with Crippen molar-refractivity contribution in [1.29, 1.82) is 0 Å². The lowest BCUT2D eigenvalue weighted by molar-refractivity contribution is -0.128. The van der Waals surface area contributed by atoms with Crippen molar-refractivity contribution in [2.75, 3.05) is 0 Å². The second kappa shape index (κ2) is 4.44. The molecule has 1 heteroatoms. The van der Waals surface area contributed by atoms with E-state index in [0.29, 0.717) is 17.6 Å². The number of allylic oxidation sites excluding steroid dienone is 5. The van der Waals surface area contributed by atoms with Gasteiger partial charge >= 0.3 is 0 Å². The summed E-state index contributed by atoms with van der Waals surface area (Å²) in [5.41, 5.74) is 3.95. The number of rotatable bonds is 0. The van der Waals surface area contributed by atoms with Gasteiger partial charge in [0.25, 0.3) is 0 Å². The van der Waals surface area contributed by atoms with Crippen LogP contribution in [0.1, 0.15) is 52.4 Å². The first-order chi connectivity index (χ1) is 10.0. The highest BCUT2D eigenvalue weighted by Gasteiger charge is 2.56. The predicted molar refractivity (Wildman–Crippen MR) is 85.8 cm³/mol. The van der Waals surface area contributed by atoms with Crippen molar-refractivity contribution in [2.24, 2.45) is 29.1 Å². The Kier molecular flexibility index (Phi) is 2.87. The lowest BCUT2D eigenvalue weighted by Gasteiger charge is -2.50. The third kappa shape index (κ3) is 1.79. The maximum Gasteiger partial charge on any atom is 0.164 e. The average Bonchev–Trinajstić information content (AvgIpc) is 2.70. The molecule has 4 aliphatic rings. The summed E-state index contributed by atoms with van der Waals surface area (Å²) in [5.74, 6) is 3.22. The van der Waals surface area contributed by atoms with Crippen LogP contribution < -0.4 is 0 Å². The molecule has 0 amide bonds. The Bertz CT molecular complexity index is 579. The lowest BCUT2D eigenvalue weighted by Crippen LogP contribution is -2.45. The van der Waals surface area contributed by atoms with Crippen molar-refractivity contribution in [3.8, 4) is 0 Å². The Hall–Kier alpha value is -1.11. The molecule has 21 heavy (non-hydrogen) atoms. The molecule has 0 aliphatic heterocycles. The van der Waals surface area contributed by atoms with E-state index in [-0.39, 0.29) is 5.41 Å². The Morgan fingerprint density at radius 2 is 2.10 bits per heavy atom. The number of carbonyl (C=O) groups excluding carboxylic acids is 1. The zero-order valence-corrected chi connectivity index (χ0v) is 13.3. The summed E-state index contributed by atoms with van der Waals surface area (Å²) >= 11 is 0. The van der Waals surface area contributed by atoms with Crippen LogP contribution in [0.3, 0.4) is 0 Å². The number of Topliss-reactive ketones (excluding diaryl/α,β-unsaturated/α-hetero) is 1. The van der Waals surface area contributed by atoms with Crippen LogP contribution in [0.4, 0.5) is 0 Å². The molecule has 4 aliphatic carbocycles. The van der Waals surface area contributed by atoms with Crippen molar-refractivity contribution in [2.45, 2.75) is 52.4 Å². The smallest absolute Gasteiger partial charge is 0.164 e. The molecule has 0 unspecified atom stereocenters. The molecule has 0 spiro atoms. The summed E-state index contributed by atoms with van der Waals surface area (Å²) < 4.78 is 0. The molecule has 0 aromatic rings. The number of ketones is 1. The van der Waals surface area contributed by atoms with Gasteiger partial charge in [-0.05, 0) is 80.3 Å². The molecule has 1 nitrogen and oxygen atoms in total. The monoisotopic (exact) mass is 282 g/mol. The first kappa shape index (κ1) is 13.5. The van der Waals surface area contributed by atoms with Crippen molar-refractivity contribution in [3.63, 3.8) is 0 Å². The highest BCUT2D eigenvalue weighted by Crippen LogP contribution is 2.60. The summed E-state index contributed by atoms with van der Waals surface area (Å²) in [6.45, 7) is 8.54. The van der Waals surface area contributed by atoms with Crippen LogP contribution in [-0.2, 0) is 4.79 Å². The second-order valence-electron chi connectivity index (χ2n) is 8.10. The maximum atomic E-state index is 12.5. The molecule has 0 radical (unpaired) electrons. The molecule has 0 saturated heterocycles. The van der Waals surface area contributed by atoms with Gasteiger partial charge in [-0.25, -0.2) is 0 Å². The van der Waals surface area contributed by atoms with Crippen molar-refractivity contribution >= 4 is 5.78 Å². The van der Waals surface area contributed by atoms with Gasteiger partial charge in [0.1, 0.15) is 0 Å². The zero-order chi connectivity index (χ0) is 14.8. The summed E-state index contributed by atoms with van der Waals surface area (Å²) in [5, 5.41) is 0. The van der Waals surface area contributed by atoms with Crippen molar-refractivity contribution in [1.82, 2.24) is 0 Å². The van der Waals surface area contributed by atoms with Crippen LogP contribution in [0.5, 0.6) is 0 Å². The molecule has 2 fully saturated rings. The Labute approximate surface area is 128 Å². The first-order valence-electron chi connectivity index (χ1n) is 8.60. The fourth-order valence-electron chi connectivity index (χ4n) is 5.85. The molecule has 0 aromatic carbocycles. The fourth-order valence-corrected chi connectivity index (χ4v) is 5.85. The molecular formula is C20H26O. The number of hydrogen-bond acceptors (Lipinski definition) is 1. The van der Waals surface area contributed by atoms with E-state index in [2.05, 4.69) is 32.6 Å². The lowest BCUT2D eigenvalue weighted by atomic mass is 9.53. The topological polar surface area (TPSA) is 17.1 Å². The van der Waals surface area contributed by atoms with E-state index < -0.39 is 0 Å². The summed E-state index contributed by atoms with van der Waals surface area (Å²) in [6.07, 6.45) is 12.0. The molecule has 0 aromatic heterocycles. The molecule has 4 rings (SSSR count). The molecule has 0 N–H and O–H groups in total. The number of fused-ring (bicyclic) bond motifs is 5. The number of carbonyl (C=O) groups is 1. The zero-order valence-electron chi connectivity index (χ0n) is 13.3. The van der Waals surface area contributed by atoms with Gasteiger partial charge in [-0.3, -0.25) is 4.79 Å². The quantitative estimate of drug-likeness (QED) is 0.580. The minimum Gasteiger partial charge on any atom is -0.294 e. The first-order valence-corrected chi connectivity index (χ1v) is 8.60. The maximum absolute atomic E-state index is 12.5. The van der Waals surface area contributed by atoms with Crippen LogP contribution >= 0.6 is 0 Å². The van der Waals surface area contributed by atoms with E-state index in [1.165, 1.54) is 25.7 Å². The average molecular weight is 282 g/mol. The number of hydrogen-bond donors (Lipinski definition) is 0. The standard InChI is InChI=1S/C20H26O/c1-12-4-6-15-14(10-12)5-7-17-16(15)8-9-20(3)18(17)11-13(2)19(20)21/h5,10,15-18H,2,4,6-9,11H2,1,3H3/t15-,16+,17+,18-,20-/m0/s1. The summed E-state index contributed by atoms with van der Waals surface area (Å²) in [7, 11) is 0. The van der Waals surface area contributed by atoms with Gasteiger partial charge in [-0.15, -0.1) is 0 Å². The van der Waals surface area contributed by atoms with Gasteiger partial charge < -0.3 is 0 Å². The molecular weight excluding hydrogens is 256 g/mol. The van der Waals surface area contributed by atoms with E-state index >= 15 is 0 Å². The van der Waals surface area contributed by atoms with E-state index in [1.807, 2.05) is 0 Å². The highest BCUT2D eigenvalue weighted by molar-refractivity contribution is 6.02. The molecule has 0 bridgehead atoms. The van der Waals surface area contributed by atoms with Gasteiger partial charge in [0, 0.05) is 5.41 Å². The van der Waals surface area contributed by atoms with Crippen LogP contribution in [0.25, 0.3) is 0 Å². The minimum atomic E-state index is -0.0932. The van der Waals surface area contributed by atoms with E-state index in [1.54, 1.807) is 11.1 Å². The molecule has 112 valence electrons. The Balaban J connectivity index is 1.69. The fraction of sp³-hybridized carbons (Fsp3) is 0.650. The van der Waals surface area contributed by atoms with Gasteiger partial charge in [-0.2, -0.15) is 0 Å². The van der Waals surface area contributed by atoms with Gasteiger partial charge in [0.15, 0.2) is 5.78 Å². The SMILES string of the molecule is C=C1C[C@H]2[C@@H]3CC=C4C=C(C)CC[C@@H]4[C@H]3CC[C@]2(C)C1=O. The van der Waals surface area contributed by atoms with Crippen LogP contribution in [0, 0.1) is 29.1 Å². The third-order valence-electron chi connectivity index (χ3n) is 7.02. The summed E-state index contributed by atoms with van der Waals surface area (Å²) in [4.78, 5) is 12.5. The van der Waals surface area contributed by atoms with E-state index in [0.717, 1.165) is 30.3 Å². The molecule has 2 saturated carbocycles. The van der Waals surface area contributed by atoms with Crippen LogP contribution in [0.15, 0.2) is 35.5 Å². The van der Waals surface area contributed by atoms with Crippen molar-refractivity contribution < 1.29 is 4.79 Å². The normalized spacial score (nSPS) is 45.4.